The second-order valence-corrected chi connectivity index (χ2v) is 11.0. The standard InChI is InChI=1S/C17H31FO2.C14H6F8O/c1-2-3-4-5-14-6-8-15(9-7-14)16-12-19-17(10-11-18)20-13-16;15-7-1-2-8(9(16)5-7)6-3-10(17)12(11(18)4-6)23-14(21,22)13(19)20/h14-17H,2-13H2,1H3;1-5,13H. The molecule has 0 aromatic heterocycles. The van der Waals surface area contributed by atoms with Gasteiger partial charge in [0.15, 0.2) is 23.7 Å². The van der Waals surface area contributed by atoms with Crippen LogP contribution in [0.5, 0.6) is 5.75 Å². The summed E-state index contributed by atoms with van der Waals surface area (Å²) in [6.45, 7) is 3.47. The Kier molecular flexibility index (Phi) is 13.5. The molecule has 2 fully saturated rings. The second-order valence-electron chi connectivity index (χ2n) is 11.0. The lowest BCUT2D eigenvalue weighted by Gasteiger charge is -2.37. The molecule has 0 spiro atoms. The van der Waals surface area contributed by atoms with Crippen LogP contribution in [-0.4, -0.2) is 38.7 Å². The van der Waals surface area contributed by atoms with Gasteiger partial charge < -0.3 is 14.2 Å². The van der Waals surface area contributed by atoms with Crippen LogP contribution in [0.1, 0.15) is 64.7 Å². The molecule has 2 aromatic rings. The molecular weight excluding hydrogens is 591 g/mol. The van der Waals surface area contributed by atoms with Crippen molar-refractivity contribution in [3.8, 4) is 16.9 Å². The zero-order valence-electron chi connectivity index (χ0n) is 23.9. The minimum atomic E-state index is -5.11. The maximum Gasteiger partial charge on any atom is 0.461 e. The minimum absolute atomic E-state index is 0.290. The van der Waals surface area contributed by atoms with Crippen LogP contribution in [0, 0.1) is 41.0 Å². The van der Waals surface area contributed by atoms with Crippen LogP contribution in [0.25, 0.3) is 11.1 Å². The van der Waals surface area contributed by atoms with E-state index in [2.05, 4.69) is 11.7 Å². The molecule has 1 heterocycles. The molecule has 43 heavy (non-hydrogen) atoms. The third-order valence-electron chi connectivity index (χ3n) is 7.84. The van der Waals surface area contributed by atoms with Gasteiger partial charge in [0.1, 0.15) is 11.6 Å². The summed E-state index contributed by atoms with van der Waals surface area (Å²) in [5, 5.41) is 0. The highest BCUT2D eigenvalue weighted by Crippen LogP contribution is 2.38. The summed E-state index contributed by atoms with van der Waals surface area (Å²) in [7, 11) is 0. The molecular formula is C31H37F9O3. The number of alkyl halides is 5. The molecule has 0 N–H and O–H groups in total. The van der Waals surface area contributed by atoms with E-state index in [1.165, 1.54) is 51.4 Å². The smallest absolute Gasteiger partial charge is 0.422 e. The Bertz CT molecular complexity index is 1110. The fourth-order valence-electron chi connectivity index (χ4n) is 5.43. The minimum Gasteiger partial charge on any atom is -0.422 e. The predicted molar refractivity (Wildman–Crippen MR) is 143 cm³/mol. The number of hydrogen-bond donors (Lipinski definition) is 0. The normalized spacial score (nSPS) is 22.7. The van der Waals surface area contributed by atoms with E-state index in [-0.39, 0.29) is 13.0 Å². The van der Waals surface area contributed by atoms with Crippen molar-refractivity contribution >= 4 is 0 Å². The highest BCUT2D eigenvalue weighted by Gasteiger charge is 2.45. The highest BCUT2D eigenvalue weighted by atomic mass is 19.3. The van der Waals surface area contributed by atoms with Gasteiger partial charge in [-0.15, -0.1) is 0 Å². The van der Waals surface area contributed by atoms with E-state index in [4.69, 9.17) is 9.47 Å². The molecule has 0 amide bonds. The Morgan fingerprint density at radius 3 is 2.00 bits per heavy atom. The third-order valence-corrected chi connectivity index (χ3v) is 7.84. The quantitative estimate of drug-likeness (QED) is 0.183. The first-order valence-electron chi connectivity index (χ1n) is 14.5. The summed E-state index contributed by atoms with van der Waals surface area (Å²) in [6, 6.07) is 2.92. The average molecular weight is 629 g/mol. The Morgan fingerprint density at radius 1 is 0.837 bits per heavy atom. The lowest BCUT2D eigenvalue weighted by atomic mass is 9.74. The van der Waals surface area contributed by atoms with Crippen molar-refractivity contribution in [2.45, 2.75) is 83.5 Å². The summed E-state index contributed by atoms with van der Waals surface area (Å²) in [6.07, 6.45) is 1.68. The van der Waals surface area contributed by atoms with E-state index in [0.29, 0.717) is 30.5 Å². The Balaban J connectivity index is 0.000000238. The van der Waals surface area contributed by atoms with Gasteiger partial charge in [0.05, 0.1) is 19.9 Å². The Labute approximate surface area is 245 Å². The molecule has 0 radical (unpaired) electrons. The fraction of sp³-hybridized carbons (Fsp3) is 0.613. The van der Waals surface area contributed by atoms with Crippen LogP contribution in [0.3, 0.4) is 0 Å². The monoisotopic (exact) mass is 628 g/mol. The van der Waals surface area contributed by atoms with Gasteiger partial charge in [-0.05, 0) is 54.5 Å². The number of unbranched alkanes of at least 4 members (excludes halogenated alkanes) is 2. The van der Waals surface area contributed by atoms with E-state index in [1.54, 1.807) is 0 Å². The van der Waals surface area contributed by atoms with Crippen molar-refractivity contribution in [2.75, 3.05) is 19.9 Å². The number of halogens is 9. The topological polar surface area (TPSA) is 27.7 Å². The van der Waals surface area contributed by atoms with Crippen LogP contribution in [0.2, 0.25) is 0 Å². The molecule has 2 aromatic carbocycles. The Morgan fingerprint density at radius 2 is 1.47 bits per heavy atom. The van der Waals surface area contributed by atoms with Crippen molar-refractivity contribution in [3.63, 3.8) is 0 Å². The van der Waals surface area contributed by atoms with Crippen LogP contribution in [-0.2, 0) is 9.47 Å². The number of benzene rings is 2. The zero-order valence-corrected chi connectivity index (χ0v) is 23.9. The van der Waals surface area contributed by atoms with Gasteiger partial charge in [-0.2, -0.15) is 17.6 Å². The van der Waals surface area contributed by atoms with Gasteiger partial charge in [0.2, 0.25) is 0 Å². The van der Waals surface area contributed by atoms with Crippen molar-refractivity contribution in [1.82, 2.24) is 0 Å². The summed E-state index contributed by atoms with van der Waals surface area (Å²) in [5.41, 5.74) is -0.874. The van der Waals surface area contributed by atoms with E-state index in [1.807, 2.05) is 0 Å². The molecule has 4 rings (SSSR count). The lowest BCUT2D eigenvalue weighted by molar-refractivity contribution is -0.255. The zero-order chi connectivity index (χ0) is 31.6. The predicted octanol–water partition coefficient (Wildman–Crippen LogP) is 9.87. The molecule has 3 nitrogen and oxygen atoms in total. The maximum atomic E-state index is 13.7. The van der Waals surface area contributed by atoms with Crippen molar-refractivity contribution in [1.29, 1.82) is 0 Å². The molecule has 0 unspecified atom stereocenters. The van der Waals surface area contributed by atoms with Crippen molar-refractivity contribution in [3.05, 3.63) is 53.6 Å². The van der Waals surface area contributed by atoms with E-state index < -0.39 is 52.7 Å². The first-order chi connectivity index (χ1) is 20.4. The average Bonchev–Trinajstić information content (AvgIpc) is 2.96. The van der Waals surface area contributed by atoms with Crippen molar-refractivity contribution in [2.24, 2.45) is 17.8 Å². The molecule has 1 saturated heterocycles. The summed E-state index contributed by atoms with van der Waals surface area (Å²) >= 11 is 0. The lowest BCUT2D eigenvalue weighted by Crippen LogP contribution is -2.37. The van der Waals surface area contributed by atoms with Crippen LogP contribution >= 0.6 is 0 Å². The number of ether oxygens (including phenoxy) is 3. The molecule has 1 aliphatic heterocycles. The maximum absolute atomic E-state index is 13.7. The first-order valence-corrected chi connectivity index (χ1v) is 14.5. The molecule has 1 aliphatic carbocycles. The summed E-state index contributed by atoms with van der Waals surface area (Å²) < 4.78 is 130. The Hall–Kier alpha value is -2.47. The van der Waals surface area contributed by atoms with Gasteiger partial charge in [-0.3, -0.25) is 4.39 Å². The molecule has 0 atom stereocenters. The third kappa shape index (κ3) is 10.3. The first kappa shape index (κ1) is 35.0. The molecule has 0 bridgehead atoms. The van der Waals surface area contributed by atoms with Crippen LogP contribution in [0.4, 0.5) is 39.5 Å². The summed E-state index contributed by atoms with van der Waals surface area (Å²) in [4.78, 5) is 0. The van der Waals surface area contributed by atoms with Crippen LogP contribution in [0.15, 0.2) is 30.3 Å². The molecule has 242 valence electrons. The molecule has 1 saturated carbocycles. The molecule has 12 heteroatoms. The van der Waals surface area contributed by atoms with Gasteiger partial charge in [-0.25, -0.2) is 17.6 Å². The van der Waals surface area contributed by atoms with E-state index >= 15 is 0 Å². The van der Waals surface area contributed by atoms with Gasteiger partial charge in [-0.1, -0.05) is 45.4 Å². The number of rotatable bonds is 11. The largest absolute Gasteiger partial charge is 0.461 e. The molecule has 2 aliphatic rings. The second kappa shape index (κ2) is 16.6. The van der Waals surface area contributed by atoms with E-state index in [0.717, 1.165) is 37.2 Å². The fourth-order valence-corrected chi connectivity index (χ4v) is 5.43. The van der Waals surface area contributed by atoms with Gasteiger partial charge >= 0.3 is 12.5 Å². The van der Waals surface area contributed by atoms with Crippen molar-refractivity contribution < 1.29 is 53.7 Å². The van der Waals surface area contributed by atoms with Crippen LogP contribution < -0.4 is 4.74 Å². The van der Waals surface area contributed by atoms with Gasteiger partial charge in [0, 0.05) is 24.0 Å². The van der Waals surface area contributed by atoms with Gasteiger partial charge in [0.25, 0.3) is 0 Å². The van der Waals surface area contributed by atoms with E-state index in [9.17, 15) is 39.5 Å². The SMILES string of the molecule is CCCCCC1CCC(C2COC(CCF)OC2)CC1.Fc1ccc(-c2cc(F)c(OC(F)(F)C(F)F)c(F)c2)c(F)c1. The summed E-state index contributed by atoms with van der Waals surface area (Å²) in [5.74, 6) is -5.05. The highest BCUT2D eigenvalue weighted by molar-refractivity contribution is 5.65. The number of hydrogen-bond acceptors (Lipinski definition) is 3.